The number of hydrogen-bond acceptors (Lipinski definition) is 4. The molecule has 1 aliphatic heterocycles. The van der Waals surface area contributed by atoms with Gasteiger partial charge in [-0.05, 0) is 32.0 Å². The molecule has 6 nitrogen and oxygen atoms in total. The Kier molecular flexibility index (Phi) is 2.68. The maximum absolute atomic E-state index is 12.3. The quantitative estimate of drug-likeness (QED) is 0.738. The van der Waals surface area contributed by atoms with Crippen molar-refractivity contribution in [2.45, 2.75) is 18.7 Å². The lowest BCUT2D eigenvalue weighted by Crippen LogP contribution is -2.38. The van der Waals surface area contributed by atoms with Crippen molar-refractivity contribution in [2.75, 3.05) is 11.9 Å². The van der Waals surface area contributed by atoms with E-state index in [0.29, 0.717) is 5.69 Å². The Hall–Kier alpha value is -2.15. The second kappa shape index (κ2) is 4.17. The average Bonchev–Trinajstić information content (AvgIpc) is 2.73. The van der Waals surface area contributed by atoms with Crippen molar-refractivity contribution >= 4 is 21.7 Å². The zero-order valence-electron chi connectivity index (χ0n) is 11.4. The number of hydrogen-bond donors (Lipinski definition) is 0. The first-order chi connectivity index (χ1) is 9.40. The molecule has 0 aliphatic carbocycles. The smallest absolute Gasteiger partial charge is 0.287 e. The molecule has 0 saturated carbocycles. The Morgan fingerprint density at radius 2 is 1.85 bits per heavy atom. The average molecular weight is 290 g/mol. The van der Waals surface area contributed by atoms with Crippen LogP contribution in [-0.4, -0.2) is 31.2 Å². The Morgan fingerprint density at radius 3 is 2.50 bits per heavy atom. The summed E-state index contributed by atoms with van der Waals surface area (Å²) in [6.45, 7) is 3.72. The Labute approximate surface area is 117 Å². The van der Waals surface area contributed by atoms with Gasteiger partial charge < -0.3 is 4.90 Å². The molecule has 0 fully saturated rings. The second-order valence-corrected chi connectivity index (χ2v) is 6.30. The molecule has 2 heterocycles. The highest BCUT2D eigenvalue weighted by Crippen LogP contribution is 2.30. The molecule has 2 aromatic rings. The molecule has 1 aromatic carbocycles. The number of fused-ring (bicyclic) bond motifs is 1. The van der Waals surface area contributed by atoms with Gasteiger partial charge in [0.05, 0.1) is 11.4 Å². The zero-order valence-corrected chi connectivity index (χ0v) is 12.2. The van der Waals surface area contributed by atoms with Crippen LogP contribution in [0.1, 0.15) is 11.4 Å². The van der Waals surface area contributed by atoms with Crippen molar-refractivity contribution in [1.82, 2.24) is 9.78 Å². The van der Waals surface area contributed by atoms with E-state index in [2.05, 4.69) is 9.50 Å². The third-order valence-corrected chi connectivity index (χ3v) is 4.51. The number of aromatic nitrogens is 2. The van der Waals surface area contributed by atoms with Gasteiger partial charge in [0.2, 0.25) is 5.96 Å². The second-order valence-electron chi connectivity index (χ2n) is 4.73. The summed E-state index contributed by atoms with van der Waals surface area (Å²) >= 11 is 0. The monoisotopic (exact) mass is 290 g/mol. The highest BCUT2D eigenvalue weighted by atomic mass is 32.2. The van der Waals surface area contributed by atoms with Gasteiger partial charge in [0, 0.05) is 12.7 Å². The van der Waals surface area contributed by atoms with E-state index in [-0.39, 0.29) is 10.9 Å². The first kappa shape index (κ1) is 12.9. The lowest BCUT2D eigenvalue weighted by atomic mass is 10.3. The molecular formula is C13H14N4O2S. The van der Waals surface area contributed by atoms with Crippen LogP contribution in [0.25, 0.3) is 0 Å². The van der Waals surface area contributed by atoms with Gasteiger partial charge in [-0.2, -0.15) is 13.5 Å². The van der Waals surface area contributed by atoms with Crippen LogP contribution in [0.15, 0.2) is 39.6 Å². The predicted octanol–water partition coefficient (Wildman–Crippen LogP) is 1.54. The van der Waals surface area contributed by atoms with Crippen molar-refractivity contribution in [1.29, 1.82) is 0 Å². The largest absolute Gasteiger partial charge is 0.312 e. The third-order valence-electron chi connectivity index (χ3n) is 3.21. The Morgan fingerprint density at radius 1 is 1.15 bits per heavy atom. The summed E-state index contributed by atoms with van der Waals surface area (Å²) in [7, 11) is -1.91. The van der Waals surface area contributed by atoms with Crippen molar-refractivity contribution < 1.29 is 8.42 Å². The number of para-hydroxylation sites is 1. The van der Waals surface area contributed by atoms with Crippen molar-refractivity contribution in [2.24, 2.45) is 4.40 Å². The molecule has 104 valence electrons. The molecule has 1 aromatic heterocycles. The fourth-order valence-electron chi connectivity index (χ4n) is 2.29. The number of anilines is 1. The predicted molar refractivity (Wildman–Crippen MR) is 76.6 cm³/mol. The van der Waals surface area contributed by atoms with Crippen LogP contribution in [0, 0.1) is 13.8 Å². The number of rotatable bonds is 0. The molecule has 3 rings (SSSR count). The Bertz CT molecular complexity index is 821. The topological polar surface area (TPSA) is 67.6 Å². The van der Waals surface area contributed by atoms with E-state index in [1.54, 1.807) is 40.9 Å². The van der Waals surface area contributed by atoms with Crippen LogP contribution < -0.4 is 4.90 Å². The minimum atomic E-state index is -3.69. The summed E-state index contributed by atoms with van der Waals surface area (Å²) in [5.74, 6) is 0.286. The molecule has 0 atom stereocenters. The summed E-state index contributed by atoms with van der Waals surface area (Å²) in [5.41, 5.74) is 2.25. The van der Waals surface area contributed by atoms with Gasteiger partial charge in [-0.15, -0.1) is 4.40 Å². The molecule has 0 N–H and O–H groups in total. The number of nitrogens with zero attached hydrogens (tertiary/aromatic N) is 4. The molecule has 0 unspecified atom stereocenters. The SMILES string of the molecule is Cc1cc(C)n(C2=NS(=O)(=O)c3ccccc3N2C)n1. The minimum Gasteiger partial charge on any atom is -0.312 e. The van der Waals surface area contributed by atoms with Gasteiger partial charge in [-0.1, -0.05) is 12.1 Å². The first-order valence-electron chi connectivity index (χ1n) is 6.11. The normalized spacial score (nSPS) is 16.8. The minimum absolute atomic E-state index is 0.216. The molecule has 0 radical (unpaired) electrons. The van der Waals surface area contributed by atoms with Crippen molar-refractivity contribution in [3.05, 3.63) is 41.7 Å². The van der Waals surface area contributed by atoms with Gasteiger partial charge in [0.25, 0.3) is 10.0 Å². The van der Waals surface area contributed by atoms with E-state index in [1.165, 1.54) is 0 Å². The van der Waals surface area contributed by atoms with E-state index in [1.807, 2.05) is 19.9 Å². The highest BCUT2D eigenvalue weighted by Gasteiger charge is 2.30. The molecule has 0 bridgehead atoms. The van der Waals surface area contributed by atoms with Crippen LogP contribution in [0.2, 0.25) is 0 Å². The number of benzene rings is 1. The summed E-state index contributed by atoms with van der Waals surface area (Å²) in [5, 5.41) is 4.30. The first-order valence-corrected chi connectivity index (χ1v) is 7.55. The molecule has 0 saturated heterocycles. The van der Waals surface area contributed by atoms with E-state index in [4.69, 9.17) is 0 Å². The van der Waals surface area contributed by atoms with Crippen molar-refractivity contribution in [3.63, 3.8) is 0 Å². The van der Waals surface area contributed by atoms with Gasteiger partial charge in [0.15, 0.2) is 0 Å². The standard InChI is InChI=1S/C13H14N4O2S/c1-9-8-10(2)17(14-9)13-15-20(18,19)12-7-5-4-6-11(12)16(13)3/h4-8H,1-3H3. The van der Waals surface area contributed by atoms with E-state index in [9.17, 15) is 8.42 Å². The maximum atomic E-state index is 12.3. The van der Waals surface area contributed by atoms with Crippen molar-refractivity contribution in [3.8, 4) is 0 Å². The summed E-state index contributed by atoms with van der Waals surface area (Å²) in [6.07, 6.45) is 0. The zero-order chi connectivity index (χ0) is 14.5. The lowest BCUT2D eigenvalue weighted by Gasteiger charge is -2.27. The van der Waals surface area contributed by atoms with E-state index < -0.39 is 10.0 Å². The third kappa shape index (κ3) is 1.82. The number of aryl methyl sites for hydroxylation is 2. The van der Waals surface area contributed by atoms with Gasteiger partial charge in [-0.3, -0.25) is 0 Å². The molecule has 0 spiro atoms. The van der Waals surface area contributed by atoms with Gasteiger partial charge in [-0.25, -0.2) is 4.68 Å². The molecule has 1 aliphatic rings. The summed E-state index contributed by atoms with van der Waals surface area (Å²) in [6, 6.07) is 8.68. The van der Waals surface area contributed by atoms with Gasteiger partial charge in [0.1, 0.15) is 4.90 Å². The maximum Gasteiger partial charge on any atom is 0.287 e. The fraction of sp³-hybridized carbons (Fsp3) is 0.231. The van der Waals surface area contributed by atoms with E-state index >= 15 is 0 Å². The van der Waals surface area contributed by atoms with Crippen LogP contribution in [0.4, 0.5) is 5.69 Å². The molecule has 7 heteroatoms. The van der Waals surface area contributed by atoms with Crippen LogP contribution in [0.5, 0.6) is 0 Å². The number of sulfonamides is 1. The fourth-order valence-corrected chi connectivity index (χ4v) is 3.52. The molecular weight excluding hydrogens is 276 g/mol. The molecule has 20 heavy (non-hydrogen) atoms. The highest BCUT2D eigenvalue weighted by molar-refractivity contribution is 7.90. The summed E-state index contributed by atoms with van der Waals surface area (Å²) in [4.78, 5) is 1.95. The van der Waals surface area contributed by atoms with Crippen LogP contribution in [-0.2, 0) is 10.0 Å². The van der Waals surface area contributed by atoms with Gasteiger partial charge >= 0.3 is 0 Å². The van der Waals surface area contributed by atoms with E-state index in [0.717, 1.165) is 11.4 Å². The Balaban J connectivity index is 2.25. The van der Waals surface area contributed by atoms with Crippen LogP contribution >= 0.6 is 0 Å². The lowest BCUT2D eigenvalue weighted by molar-refractivity contribution is 0.596. The summed E-state index contributed by atoms with van der Waals surface area (Å²) < 4.78 is 30.0. The molecule has 0 amide bonds. The van der Waals surface area contributed by atoms with Crippen LogP contribution in [0.3, 0.4) is 0 Å².